The standard InChI is InChI=1S/C21H16FN5OS/c1-14-9-21(29-26-14)24-12-17-11-19(25-28-17)16-4-5-20(18(22)10-16)27-8-6-15(13-27)3-2-7-23/h2-6,8-11,13,24H,12H2,1H3. The predicted octanol–water partition coefficient (Wildman–Crippen LogP) is 5.19. The molecule has 0 aliphatic rings. The summed E-state index contributed by atoms with van der Waals surface area (Å²) in [6, 6.07) is 12.4. The number of nitrogens with one attached hydrogen (secondary N) is 1. The van der Waals surface area contributed by atoms with Crippen LogP contribution in [0.2, 0.25) is 0 Å². The lowest BCUT2D eigenvalue weighted by molar-refractivity contribution is 0.390. The third kappa shape index (κ3) is 4.25. The van der Waals surface area contributed by atoms with E-state index >= 15 is 0 Å². The van der Waals surface area contributed by atoms with E-state index in [-0.39, 0.29) is 5.82 Å². The van der Waals surface area contributed by atoms with Crippen molar-refractivity contribution >= 4 is 22.6 Å². The van der Waals surface area contributed by atoms with Crippen molar-refractivity contribution in [1.29, 1.82) is 5.26 Å². The number of anilines is 1. The Hall–Kier alpha value is -3.70. The van der Waals surface area contributed by atoms with E-state index in [1.165, 1.54) is 23.7 Å². The van der Waals surface area contributed by atoms with Gasteiger partial charge in [-0.3, -0.25) is 0 Å². The van der Waals surface area contributed by atoms with Crippen molar-refractivity contribution in [2.24, 2.45) is 0 Å². The number of hydrogen-bond acceptors (Lipinski definition) is 6. The molecule has 0 bridgehead atoms. The Morgan fingerprint density at radius 1 is 1.31 bits per heavy atom. The SMILES string of the molecule is Cc1cc(NCc2cc(-c3ccc(-n4ccc(C=CC#N)c4)c(F)c3)no2)sn1. The molecule has 0 aliphatic carbocycles. The van der Waals surface area contributed by atoms with Gasteiger partial charge >= 0.3 is 0 Å². The van der Waals surface area contributed by atoms with Gasteiger partial charge in [0.05, 0.1) is 24.0 Å². The van der Waals surface area contributed by atoms with Crippen molar-refractivity contribution in [2.45, 2.75) is 13.5 Å². The van der Waals surface area contributed by atoms with Crippen LogP contribution < -0.4 is 5.32 Å². The van der Waals surface area contributed by atoms with Crippen molar-refractivity contribution < 1.29 is 8.91 Å². The van der Waals surface area contributed by atoms with E-state index < -0.39 is 0 Å². The molecule has 0 radical (unpaired) electrons. The molecule has 0 saturated carbocycles. The summed E-state index contributed by atoms with van der Waals surface area (Å²) in [4.78, 5) is 0. The molecule has 3 aromatic heterocycles. The molecule has 4 rings (SSSR count). The molecule has 144 valence electrons. The van der Waals surface area contributed by atoms with Crippen LogP contribution >= 0.6 is 11.5 Å². The minimum atomic E-state index is -0.378. The summed E-state index contributed by atoms with van der Waals surface area (Å²) in [6.45, 7) is 2.40. The molecule has 8 heteroatoms. The van der Waals surface area contributed by atoms with Crippen LogP contribution in [0.4, 0.5) is 9.39 Å². The minimum absolute atomic E-state index is 0.378. The first-order chi connectivity index (χ1) is 14.1. The van der Waals surface area contributed by atoms with Gasteiger partial charge in [0.25, 0.3) is 0 Å². The average Bonchev–Trinajstić information content (AvgIpc) is 3.46. The van der Waals surface area contributed by atoms with Crippen molar-refractivity contribution in [1.82, 2.24) is 14.1 Å². The fraction of sp³-hybridized carbons (Fsp3) is 0.0952. The number of benzene rings is 1. The summed E-state index contributed by atoms with van der Waals surface area (Å²) < 4.78 is 25.9. The second kappa shape index (κ2) is 8.12. The monoisotopic (exact) mass is 405 g/mol. The first-order valence-electron chi connectivity index (χ1n) is 8.79. The summed E-state index contributed by atoms with van der Waals surface area (Å²) in [5, 5.41) is 16.8. The average molecular weight is 405 g/mol. The maximum Gasteiger partial charge on any atom is 0.156 e. The van der Waals surface area contributed by atoms with Crippen LogP contribution in [-0.4, -0.2) is 14.1 Å². The quantitative estimate of drug-likeness (QED) is 0.447. The number of aryl methyl sites for hydroxylation is 1. The number of halogens is 1. The molecule has 4 aromatic rings. The third-order valence-corrected chi connectivity index (χ3v) is 5.05. The lowest BCUT2D eigenvalue weighted by Gasteiger charge is -2.06. The highest BCUT2D eigenvalue weighted by atomic mass is 32.1. The number of hydrogen-bond donors (Lipinski definition) is 1. The second-order valence-corrected chi connectivity index (χ2v) is 7.15. The van der Waals surface area contributed by atoms with Gasteiger partial charge < -0.3 is 14.4 Å². The van der Waals surface area contributed by atoms with E-state index in [4.69, 9.17) is 9.78 Å². The summed E-state index contributed by atoms with van der Waals surface area (Å²) in [5.41, 5.74) is 3.39. The molecular formula is C21H16FN5OS. The van der Waals surface area contributed by atoms with Crippen LogP contribution in [0.3, 0.4) is 0 Å². The Kier molecular flexibility index (Phi) is 5.22. The molecule has 0 fully saturated rings. The van der Waals surface area contributed by atoms with Gasteiger partial charge in [-0.2, -0.15) is 9.64 Å². The summed E-state index contributed by atoms with van der Waals surface area (Å²) in [7, 11) is 0. The minimum Gasteiger partial charge on any atom is -0.368 e. The van der Waals surface area contributed by atoms with E-state index in [0.717, 1.165) is 16.3 Å². The lowest BCUT2D eigenvalue weighted by Crippen LogP contribution is -1.95. The Morgan fingerprint density at radius 3 is 2.97 bits per heavy atom. The van der Waals surface area contributed by atoms with E-state index in [0.29, 0.717) is 29.2 Å². The highest BCUT2D eigenvalue weighted by Crippen LogP contribution is 2.25. The number of nitriles is 1. The van der Waals surface area contributed by atoms with Gasteiger partial charge in [-0.15, -0.1) is 0 Å². The second-order valence-electron chi connectivity index (χ2n) is 6.35. The van der Waals surface area contributed by atoms with Crippen LogP contribution in [0.25, 0.3) is 23.0 Å². The Morgan fingerprint density at radius 2 is 2.21 bits per heavy atom. The number of allylic oxidation sites excluding steroid dienone is 1. The molecule has 0 atom stereocenters. The largest absolute Gasteiger partial charge is 0.368 e. The topological polar surface area (TPSA) is 79.7 Å². The van der Waals surface area contributed by atoms with Crippen LogP contribution in [0.5, 0.6) is 0 Å². The Bertz CT molecular complexity index is 1210. The van der Waals surface area contributed by atoms with Gasteiger partial charge in [0, 0.05) is 30.1 Å². The maximum atomic E-state index is 14.7. The van der Waals surface area contributed by atoms with Crippen molar-refractivity contribution in [2.75, 3.05) is 5.32 Å². The van der Waals surface area contributed by atoms with Crippen LogP contribution in [-0.2, 0) is 6.54 Å². The van der Waals surface area contributed by atoms with E-state index in [1.54, 1.807) is 41.2 Å². The molecule has 29 heavy (non-hydrogen) atoms. The zero-order valence-electron chi connectivity index (χ0n) is 15.5. The van der Waals surface area contributed by atoms with Crippen molar-refractivity contribution in [3.05, 3.63) is 77.7 Å². The maximum absolute atomic E-state index is 14.7. The van der Waals surface area contributed by atoms with Crippen molar-refractivity contribution in [3.8, 4) is 23.0 Å². The highest BCUT2D eigenvalue weighted by Gasteiger charge is 2.11. The molecule has 1 N–H and O–H groups in total. The lowest BCUT2D eigenvalue weighted by atomic mass is 10.1. The molecule has 3 heterocycles. The van der Waals surface area contributed by atoms with E-state index in [2.05, 4.69) is 14.8 Å². The molecule has 0 spiro atoms. The molecular weight excluding hydrogens is 389 g/mol. The fourth-order valence-corrected chi connectivity index (χ4v) is 3.48. The molecule has 0 saturated heterocycles. The fourth-order valence-electron chi connectivity index (χ4n) is 2.82. The highest BCUT2D eigenvalue weighted by molar-refractivity contribution is 7.10. The van der Waals surface area contributed by atoms with Gasteiger partial charge in [-0.1, -0.05) is 11.2 Å². The number of aromatic nitrogens is 3. The van der Waals surface area contributed by atoms with Gasteiger partial charge in [-0.05, 0) is 54.4 Å². The Labute approximate surface area is 170 Å². The van der Waals surface area contributed by atoms with E-state index in [9.17, 15) is 4.39 Å². The Balaban J connectivity index is 1.49. The first kappa shape index (κ1) is 18.7. The van der Waals surface area contributed by atoms with Crippen molar-refractivity contribution in [3.63, 3.8) is 0 Å². The molecule has 6 nitrogen and oxygen atoms in total. The van der Waals surface area contributed by atoms with Crippen LogP contribution in [0.1, 0.15) is 17.0 Å². The van der Waals surface area contributed by atoms with Crippen LogP contribution in [0, 0.1) is 24.1 Å². The smallest absolute Gasteiger partial charge is 0.156 e. The molecule has 0 amide bonds. The van der Waals surface area contributed by atoms with Gasteiger partial charge in [0.2, 0.25) is 0 Å². The first-order valence-corrected chi connectivity index (χ1v) is 9.57. The summed E-state index contributed by atoms with van der Waals surface area (Å²) >= 11 is 1.38. The summed E-state index contributed by atoms with van der Waals surface area (Å²) in [5.74, 6) is 0.270. The molecule has 0 aliphatic heterocycles. The number of nitrogens with zero attached hydrogens (tertiary/aromatic N) is 4. The molecule has 0 unspecified atom stereocenters. The molecule has 1 aromatic carbocycles. The summed E-state index contributed by atoms with van der Waals surface area (Å²) in [6.07, 6.45) is 6.55. The van der Waals surface area contributed by atoms with Gasteiger partial charge in [-0.25, -0.2) is 4.39 Å². The van der Waals surface area contributed by atoms with Gasteiger partial charge in [0.15, 0.2) is 5.76 Å². The van der Waals surface area contributed by atoms with E-state index in [1.807, 2.05) is 25.1 Å². The van der Waals surface area contributed by atoms with Crippen LogP contribution in [0.15, 0.2) is 59.4 Å². The number of rotatable bonds is 6. The zero-order chi connectivity index (χ0) is 20.2. The van der Waals surface area contributed by atoms with Gasteiger partial charge in [0.1, 0.15) is 16.5 Å². The third-order valence-electron chi connectivity index (χ3n) is 4.21. The normalized spacial score (nSPS) is 11.1. The predicted molar refractivity (Wildman–Crippen MR) is 110 cm³/mol. The zero-order valence-corrected chi connectivity index (χ0v) is 16.3.